The molecule has 4 aromatic rings. The second kappa shape index (κ2) is 13.9. The number of halogens is 1. The number of hydrogen-bond acceptors (Lipinski definition) is 11. The number of H-pyrrole nitrogens is 1. The normalized spacial score (nSPS) is 14.3. The Bertz CT molecular complexity index is 1670. The molecule has 5 rings (SSSR count). The summed E-state index contributed by atoms with van der Waals surface area (Å²) < 4.78 is 45.4. The number of aryl methyl sites for hydroxylation is 1. The zero-order valence-electron chi connectivity index (χ0n) is 25.2. The Kier molecular flexibility index (Phi) is 10.0. The number of sulfone groups is 1. The average molecular weight is 641 g/mol. The maximum absolute atomic E-state index is 13.6. The summed E-state index contributed by atoms with van der Waals surface area (Å²) in [6.45, 7) is 7.28. The number of hydrogen-bond donors (Lipinski definition) is 2. The van der Waals surface area contributed by atoms with Gasteiger partial charge in [-0.15, -0.1) is 0 Å². The van der Waals surface area contributed by atoms with Crippen molar-refractivity contribution >= 4 is 39.1 Å². The van der Waals surface area contributed by atoms with Gasteiger partial charge >= 0.3 is 0 Å². The number of aromatic amines is 1. The second-order valence-corrected chi connectivity index (χ2v) is 13.9. The largest absolute Gasteiger partial charge is 0.490 e. The molecule has 0 amide bonds. The van der Waals surface area contributed by atoms with Crippen LogP contribution in [0.25, 0.3) is 0 Å². The van der Waals surface area contributed by atoms with E-state index in [2.05, 4.69) is 44.3 Å². The van der Waals surface area contributed by atoms with E-state index in [-0.39, 0.29) is 10.6 Å². The second-order valence-electron chi connectivity index (χ2n) is 10.9. The SMILES string of the molecule is COc1c(Nc2cc(C)[nH]n2)nc(Sc2ccc(S(=O)(=O)Cc3cccc(F)c3)cc2)nc1N1CCN(CCN(C)C)CC1. The quantitative estimate of drug-likeness (QED) is 0.217. The van der Waals surface area contributed by atoms with Crippen LogP contribution >= 0.6 is 11.8 Å². The van der Waals surface area contributed by atoms with Crippen LogP contribution in [0.15, 0.2) is 69.5 Å². The summed E-state index contributed by atoms with van der Waals surface area (Å²) in [6.07, 6.45) is 0. The summed E-state index contributed by atoms with van der Waals surface area (Å²) >= 11 is 1.32. The Balaban J connectivity index is 1.39. The van der Waals surface area contributed by atoms with Crippen LogP contribution in [-0.2, 0) is 15.6 Å². The molecule has 0 bridgehead atoms. The third kappa shape index (κ3) is 8.05. The third-order valence-electron chi connectivity index (χ3n) is 7.16. The van der Waals surface area contributed by atoms with E-state index in [1.807, 2.05) is 13.0 Å². The Morgan fingerprint density at radius 1 is 1.07 bits per heavy atom. The predicted molar refractivity (Wildman–Crippen MR) is 170 cm³/mol. The van der Waals surface area contributed by atoms with Crippen molar-refractivity contribution in [2.75, 3.05) is 70.7 Å². The van der Waals surface area contributed by atoms with E-state index in [4.69, 9.17) is 14.7 Å². The van der Waals surface area contributed by atoms with Gasteiger partial charge in [0, 0.05) is 55.9 Å². The predicted octanol–water partition coefficient (Wildman–Crippen LogP) is 4.21. The third-order valence-corrected chi connectivity index (χ3v) is 9.73. The first-order chi connectivity index (χ1) is 21.1. The summed E-state index contributed by atoms with van der Waals surface area (Å²) in [4.78, 5) is 17.4. The van der Waals surface area contributed by atoms with E-state index in [1.165, 1.54) is 30.0 Å². The molecule has 14 heteroatoms. The minimum Gasteiger partial charge on any atom is -0.490 e. The minimum atomic E-state index is -3.66. The number of benzene rings is 2. The van der Waals surface area contributed by atoms with Crippen LogP contribution in [-0.4, -0.2) is 98.9 Å². The Hall–Kier alpha value is -3.72. The molecular formula is C30H37FN8O3S2. The fourth-order valence-electron chi connectivity index (χ4n) is 4.83. The number of nitrogens with zero attached hydrogens (tertiary/aromatic N) is 6. The van der Waals surface area contributed by atoms with E-state index >= 15 is 0 Å². The van der Waals surface area contributed by atoms with Gasteiger partial charge in [0.25, 0.3) is 0 Å². The highest BCUT2D eigenvalue weighted by atomic mass is 32.2. The first-order valence-electron chi connectivity index (χ1n) is 14.2. The molecule has 0 atom stereocenters. The Morgan fingerprint density at radius 2 is 1.82 bits per heavy atom. The Labute approximate surface area is 261 Å². The number of ether oxygens (including phenoxy) is 1. The van der Waals surface area contributed by atoms with E-state index in [1.54, 1.807) is 37.4 Å². The maximum Gasteiger partial charge on any atom is 0.204 e. The van der Waals surface area contributed by atoms with Crippen LogP contribution < -0.4 is 15.0 Å². The lowest BCUT2D eigenvalue weighted by Crippen LogP contribution is -2.48. The van der Waals surface area contributed by atoms with Crippen LogP contribution in [0.1, 0.15) is 11.3 Å². The van der Waals surface area contributed by atoms with Gasteiger partial charge < -0.3 is 19.9 Å². The zero-order valence-corrected chi connectivity index (χ0v) is 26.9. The first kappa shape index (κ1) is 31.7. The van der Waals surface area contributed by atoms with Crippen molar-refractivity contribution in [2.24, 2.45) is 0 Å². The molecule has 234 valence electrons. The van der Waals surface area contributed by atoms with Crippen molar-refractivity contribution in [3.8, 4) is 5.75 Å². The van der Waals surface area contributed by atoms with Crippen LogP contribution in [0.4, 0.5) is 21.8 Å². The summed E-state index contributed by atoms with van der Waals surface area (Å²) in [7, 11) is 2.10. The molecule has 1 fully saturated rings. The molecule has 0 aliphatic carbocycles. The molecule has 2 aromatic heterocycles. The molecule has 2 N–H and O–H groups in total. The van der Waals surface area contributed by atoms with Crippen molar-refractivity contribution < 1.29 is 17.5 Å². The molecule has 2 aromatic carbocycles. The summed E-state index contributed by atoms with van der Waals surface area (Å²) in [5.41, 5.74) is 1.30. The average Bonchev–Trinajstić information content (AvgIpc) is 3.40. The fraction of sp³-hybridized carbons (Fsp3) is 0.367. The van der Waals surface area contributed by atoms with Gasteiger partial charge in [0.2, 0.25) is 5.75 Å². The molecule has 1 aliphatic heterocycles. The first-order valence-corrected chi connectivity index (χ1v) is 16.7. The van der Waals surface area contributed by atoms with E-state index in [0.717, 1.165) is 49.9 Å². The standard InChI is InChI=1S/C30H37FN8O3S2/c1-21-18-26(36-35-21)32-28-27(42-4)29(39-16-14-38(15-17-39)13-12-37(2)3)34-30(33-28)43-24-8-10-25(11-9-24)44(40,41)20-22-6-5-7-23(31)19-22/h5-11,18-19H,12-17,20H2,1-4H3,(H2,32,33,34,35,36). The lowest BCUT2D eigenvalue weighted by atomic mass is 10.2. The number of likely N-dealkylation sites (N-methyl/N-ethyl adjacent to an activating group) is 1. The molecule has 44 heavy (non-hydrogen) atoms. The smallest absolute Gasteiger partial charge is 0.204 e. The molecule has 0 radical (unpaired) electrons. The van der Waals surface area contributed by atoms with Gasteiger partial charge in [-0.05, 0) is 74.7 Å². The lowest BCUT2D eigenvalue weighted by Gasteiger charge is -2.36. The number of piperazine rings is 1. The maximum atomic E-state index is 13.6. The van der Waals surface area contributed by atoms with Gasteiger partial charge in [0.05, 0.1) is 17.8 Å². The highest BCUT2D eigenvalue weighted by Gasteiger charge is 2.25. The monoisotopic (exact) mass is 640 g/mol. The molecular weight excluding hydrogens is 604 g/mol. The van der Waals surface area contributed by atoms with Crippen molar-refractivity contribution in [3.63, 3.8) is 0 Å². The minimum absolute atomic E-state index is 0.158. The van der Waals surface area contributed by atoms with Crippen molar-refractivity contribution in [2.45, 2.75) is 27.6 Å². The molecule has 3 heterocycles. The van der Waals surface area contributed by atoms with E-state index < -0.39 is 15.7 Å². The number of methoxy groups -OCH3 is 1. The summed E-state index contributed by atoms with van der Waals surface area (Å²) in [5, 5.41) is 11.0. The molecule has 11 nitrogen and oxygen atoms in total. The fourth-order valence-corrected chi connectivity index (χ4v) is 6.92. The summed E-state index contributed by atoms with van der Waals surface area (Å²) in [5.74, 6) is 1.54. The van der Waals surface area contributed by atoms with Crippen molar-refractivity contribution in [1.29, 1.82) is 0 Å². The van der Waals surface area contributed by atoms with Crippen LogP contribution in [0.3, 0.4) is 0 Å². The highest BCUT2D eigenvalue weighted by Crippen LogP contribution is 2.38. The van der Waals surface area contributed by atoms with Crippen LogP contribution in [0.2, 0.25) is 0 Å². The van der Waals surface area contributed by atoms with Crippen LogP contribution in [0, 0.1) is 12.7 Å². The zero-order chi connectivity index (χ0) is 31.3. The molecule has 1 saturated heterocycles. The molecule has 0 unspecified atom stereocenters. The number of aromatic nitrogens is 4. The Morgan fingerprint density at radius 3 is 2.45 bits per heavy atom. The number of anilines is 3. The van der Waals surface area contributed by atoms with Gasteiger partial charge in [-0.3, -0.25) is 10.00 Å². The van der Waals surface area contributed by atoms with Gasteiger partial charge in [-0.2, -0.15) is 5.10 Å². The van der Waals surface area contributed by atoms with Gasteiger partial charge in [-0.25, -0.2) is 22.8 Å². The van der Waals surface area contributed by atoms with E-state index in [0.29, 0.717) is 33.9 Å². The number of rotatable bonds is 12. The van der Waals surface area contributed by atoms with Gasteiger partial charge in [0.15, 0.2) is 32.4 Å². The van der Waals surface area contributed by atoms with E-state index in [9.17, 15) is 12.8 Å². The van der Waals surface area contributed by atoms with Gasteiger partial charge in [0.1, 0.15) is 5.82 Å². The molecule has 0 spiro atoms. The lowest BCUT2D eigenvalue weighted by molar-refractivity contribution is 0.228. The molecule has 0 saturated carbocycles. The highest BCUT2D eigenvalue weighted by molar-refractivity contribution is 7.99. The topological polar surface area (TPSA) is 120 Å². The number of nitrogens with one attached hydrogen (secondary N) is 2. The van der Waals surface area contributed by atoms with Gasteiger partial charge in [-0.1, -0.05) is 12.1 Å². The summed E-state index contributed by atoms with van der Waals surface area (Å²) in [6, 6.07) is 14.1. The van der Waals surface area contributed by atoms with Crippen molar-refractivity contribution in [3.05, 3.63) is 71.7 Å². The van der Waals surface area contributed by atoms with Crippen LogP contribution in [0.5, 0.6) is 5.75 Å². The molecule has 1 aliphatic rings. The van der Waals surface area contributed by atoms with Crippen molar-refractivity contribution in [1.82, 2.24) is 30.0 Å².